The van der Waals surface area contributed by atoms with Gasteiger partial charge in [0, 0.05) is 41.5 Å². The summed E-state index contributed by atoms with van der Waals surface area (Å²) < 4.78 is 12.6. The standard InChI is InChI=1S/C25H25Cl2N7O3/c1-25(2,35)12-29-24-22-15(14(9-28-24)13-7-18(36-3)19(37-4)8-16(13)26)10-34(33-22)11-21-30-17-5-6-20(27)31-23(17)32-21/h5-10,35H,11-12H2,1-4H3,(H,28,29)(H,30,31,32). The molecule has 4 aromatic heterocycles. The Morgan fingerprint density at radius 3 is 2.57 bits per heavy atom. The number of hydrogen-bond acceptors (Lipinski definition) is 8. The van der Waals surface area contributed by atoms with Crippen LogP contribution >= 0.6 is 23.2 Å². The molecular formula is C25H25Cl2N7O3. The fourth-order valence-electron chi connectivity index (χ4n) is 3.99. The summed E-state index contributed by atoms with van der Waals surface area (Å²) in [6.07, 6.45) is 3.63. The molecule has 0 aliphatic carbocycles. The molecule has 4 heterocycles. The number of aliphatic hydroxyl groups is 1. The van der Waals surface area contributed by atoms with E-state index in [1.807, 2.05) is 18.3 Å². The Kier molecular flexibility index (Phi) is 6.57. The Balaban J connectivity index is 1.62. The molecule has 37 heavy (non-hydrogen) atoms. The molecule has 0 saturated heterocycles. The van der Waals surface area contributed by atoms with Crippen LogP contribution in [0.25, 0.3) is 33.2 Å². The zero-order chi connectivity index (χ0) is 26.3. The van der Waals surface area contributed by atoms with Gasteiger partial charge in [0.25, 0.3) is 0 Å². The van der Waals surface area contributed by atoms with Gasteiger partial charge in [0.2, 0.25) is 0 Å². The van der Waals surface area contributed by atoms with Gasteiger partial charge in [0.1, 0.15) is 16.5 Å². The van der Waals surface area contributed by atoms with Gasteiger partial charge in [-0.15, -0.1) is 0 Å². The molecule has 3 N–H and O–H groups in total. The Labute approximate surface area is 222 Å². The van der Waals surface area contributed by atoms with Gasteiger partial charge in [-0.2, -0.15) is 5.10 Å². The van der Waals surface area contributed by atoms with Gasteiger partial charge in [-0.3, -0.25) is 4.68 Å². The molecule has 0 amide bonds. The highest BCUT2D eigenvalue weighted by Gasteiger charge is 2.20. The maximum absolute atomic E-state index is 10.2. The number of pyridine rings is 2. The van der Waals surface area contributed by atoms with Crippen LogP contribution in [0.1, 0.15) is 19.7 Å². The molecule has 0 aliphatic heterocycles. The number of methoxy groups -OCH3 is 2. The summed E-state index contributed by atoms with van der Waals surface area (Å²) in [5, 5.41) is 19.9. The summed E-state index contributed by atoms with van der Waals surface area (Å²) in [6, 6.07) is 7.06. The Morgan fingerprint density at radius 2 is 1.84 bits per heavy atom. The maximum Gasteiger partial charge on any atom is 0.179 e. The Bertz CT molecular complexity index is 1610. The van der Waals surface area contributed by atoms with Crippen molar-refractivity contribution in [1.29, 1.82) is 0 Å². The Hall–Kier alpha value is -3.60. The molecule has 5 rings (SSSR count). The fourth-order valence-corrected chi connectivity index (χ4v) is 4.38. The summed E-state index contributed by atoms with van der Waals surface area (Å²) in [5.41, 5.74) is 2.47. The quantitative estimate of drug-likeness (QED) is 0.236. The van der Waals surface area contributed by atoms with Crippen molar-refractivity contribution in [3.05, 3.63) is 52.7 Å². The highest BCUT2D eigenvalue weighted by molar-refractivity contribution is 6.34. The first kappa shape index (κ1) is 25.1. The van der Waals surface area contributed by atoms with Gasteiger partial charge >= 0.3 is 0 Å². The third kappa shape index (κ3) is 5.13. The molecule has 1 aromatic carbocycles. The van der Waals surface area contributed by atoms with Crippen LogP contribution in [-0.4, -0.2) is 61.2 Å². The van der Waals surface area contributed by atoms with Crippen LogP contribution < -0.4 is 14.8 Å². The molecule has 0 spiro atoms. The summed E-state index contributed by atoms with van der Waals surface area (Å²) in [7, 11) is 3.13. The van der Waals surface area contributed by atoms with E-state index in [1.54, 1.807) is 51.1 Å². The molecule has 0 unspecified atom stereocenters. The first-order chi connectivity index (χ1) is 17.6. The fraction of sp³-hybridized carbons (Fsp3) is 0.280. The summed E-state index contributed by atoms with van der Waals surface area (Å²) >= 11 is 12.7. The van der Waals surface area contributed by atoms with Gasteiger partial charge in [0.15, 0.2) is 23.0 Å². The van der Waals surface area contributed by atoms with Crippen molar-refractivity contribution in [1.82, 2.24) is 29.7 Å². The number of rotatable bonds is 8. The summed E-state index contributed by atoms with van der Waals surface area (Å²) in [5.74, 6) is 2.27. The lowest BCUT2D eigenvalue weighted by molar-refractivity contribution is 0.0944. The number of anilines is 1. The number of nitrogens with one attached hydrogen (secondary N) is 2. The average molecular weight is 542 g/mol. The molecule has 0 fully saturated rings. The predicted molar refractivity (Wildman–Crippen MR) is 144 cm³/mol. The van der Waals surface area contributed by atoms with Crippen molar-refractivity contribution in [2.75, 3.05) is 26.1 Å². The van der Waals surface area contributed by atoms with Crippen LogP contribution in [0.5, 0.6) is 11.5 Å². The smallest absolute Gasteiger partial charge is 0.179 e. The van der Waals surface area contributed by atoms with E-state index in [0.29, 0.717) is 56.6 Å². The molecule has 10 nitrogen and oxygen atoms in total. The number of fused-ring (bicyclic) bond motifs is 2. The van der Waals surface area contributed by atoms with E-state index in [2.05, 4.69) is 25.3 Å². The van der Waals surface area contributed by atoms with Crippen molar-refractivity contribution in [3.8, 4) is 22.6 Å². The SMILES string of the molecule is COc1cc(Cl)c(-c2cnc(NCC(C)(C)O)c3nn(Cc4nc5nc(Cl)ccc5[nH]4)cc23)cc1OC. The Morgan fingerprint density at radius 1 is 1.08 bits per heavy atom. The van der Waals surface area contributed by atoms with Crippen LogP contribution in [-0.2, 0) is 6.54 Å². The molecule has 0 atom stereocenters. The van der Waals surface area contributed by atoms with Crippen molar-refractivity contribution >= 4 is 51.1 Å². The number of halogens is 2. The predicted octanol–water partition coefficient (Wildman–Crippen LogP) is 4.92. The van der Waals surface area contributed by atoms with E-state index in [-0.39, 0.29) is 6.54 Å². The monoisotopic (exact) mass is 541 g/mol. The minimum absolute atomic E-state index is 0.286. The largest absolute Gasteiger partial charge is 0.493 e. The van der Waals surface area contributed by atoms with Crippen LogP contribution in [0.4, 0.5) is 5.82 Å². The van der Waals surface area contributed by atoms with E-state index in [4.69, 9.17) is 37.8 Å². The molecule has 0 bridgehead atoms. The minimum atomic E-state index is -0.940. The number of benzene rings is 1. The summed E-state index contributed by atoms with van der Waals surface area (Å²) in [6.45, 7) is 4.08. The van der Waals surface area contributed by atoms with Gasteiger partial charge in [-0.25, -0.2) is 15.0 Å². The highest BCUT2D eigenvalue weighted by atomic mass is 35.5. The van der Waals surface area contributed by atoms with E-state index in [0.717, 1.165) is 16.5 Å². The molecule has 0 radical (unpaired) electrons. The van der Waals surface area contributed by atoms with Gasteiger partial charge in [0.05, 0.1) is 36.9 Å². The maximum atomic E-state index is 10.2. The molecule has 12 heteroatoms. The first-order valence-electron chi connectivity index (χ1n) is 11.4. The molecule has 0 saturated carbocycles. The lowest BCUT2D eigenvalue weighted by Gasteiger charge is -2.18. The number of hydrogen-bond donors (Lipinski definition) is 3. The van der Waals surface area contributed by atoms with E-state index in [1.165, 1.54) is 0 Å². The molecular weight excluding hydrogens is 517 g/mol. The number of aromatic nitrogens is 6. The second-order valence-corrected chi connectivity index (χ2v) is 9.95. The average Bonchev–Trinajstić information content (AvgIpc) is 3.45. The van der Waals surface area contributed by atoms with Gasteiger partial charge in [-0.05, 0) is 32.0 Å². The molecule has 5 aromatic rings. The van der Waals surface area contributed by atoms with Crippen LogP contribution in [0.2, 0.25) is 10.2 Å². The number of nitrogens with zero attached hydrogens (tertiary/aromatic N) is 5. The number of ether oxygens (including phenoxy) is 2. The van der Waals surface area contributed by atoms with Gasteiger partial charge in [-0.1, -0.05) is 23.2 Å². The van der Waals surface area contributed by atoms with Crippen LogP contribution in [0.3, 0.4) is 0 Å². The zero-order valence-corrected chi connectivity index (χ0v) is 22.1. The normalized spacial score (nSPS) is 11.9. The zero-order valence-electron chi connectivity index (χ0n) is 20.6. The second kappa shape index (κ2) is 9.70. The van der Waals surface area contributed by atoms with Crippen LogP contribution in [0.15, 0.2) is 36.7 Å². The van der Waals surface area contributed by atoms with Crippen LogP contribution in [0, 0.1) is 0 Å². The lowest BCUT2D eigenvalue weighted by atomic mass is 10.0. The van der Waals surface area contributed by atoms with Crippen molar-refractivity contribution in [3.63, 3.8) is 0 Å². The third-order valence-electron chi connectivity index (χ3n) is 5.72. The third-order valence-corrected chi connectivity index (χ3v) is 6.25. The van der Waals surface area contributed by atoms with E-state index in [9.17, 15) is 5.11 Å². The minimum Gasteiger partial charge on any atom is -0.493 e. The molecule has 0 aliphatic rings. The van der Waals surface area contributed by atoms with E-state index >= 15 is 0 Å². The highest BCUT2D eigenvalue weighted by Crippen LogP contribution is 2.41. The number of aromatic amines is 1. The van der Waals surface area contributed by atoms with Crippen molar-refractivity contribution in [2.24, 2.45) is 0 Å². The molecule has 192 valence electrons. The lowest BCUT2D eigenvalue weighted by Crippen LogP contribution is -2.29. The van der Waals surface area contributed by atoms with E-state index < -0.39 is 5.60 Å². The topological polar surface area (TPSA) is 123 Å². The number of H-pyrrole nitrogens is 1. The second-order valence-electron chi connectivity index (χ2n) is 9.15. The van der Waals surface area contributed by atoms with Gasteiger partial charge < -0.3 is 24.9 Å². The summed E-state index contributed by atoms with van der Waals surface area (Å²) in [4.78, 5) is 16.7. The first-order valence-corrected chi connectivity index (χ1v) is 12.2. The van der Waals surface area contributed by atoms with Crippen molar-refractivity contribution < 1.29 is 14.6 Å². The van der Waals surface area contributed by atoms with Crippen molar-refractivity contribution in [2.45, 2.75) is 26.0 Å². The number of imidazole rings is 1.